The van der Waals surface area contributed by atoms with Gasteiger partial charge in [0.05, 0.1) is 11.6 Å². The number of benzene rings is 1. The summed E-state index contributed by atoms with van der Waals surface area (Å²) in [6, 6.07) is 8.72. The first-order valence-electron chi connectivity index (χ1n) is 12.2. The fraction of sp³-hybridized carbons (Fsp3) is 0.640. The number of hydrogen-bond acceptors (Lipinski definition) is 4. The fourth-order valence-corrected chi connectivity index (χ4v) is 7.38. The molecule has 2 N–H and O–H groups in total. The van der Waals surface area contributed by atoms with Gasteiger partial charge in [-0.1, -0.05) is 32.0 Å². The van der Waals surface area contributed by atoms with Crippen molar-refractivity contribution >= 4 is 10.9 Å². The minimum Gasteiger partial charge on any atom is -0.361 e. The molecule has 4 fully saturated rings. The summed E-state index contributed by atoms with van der Waals surface area (Å²) in [4.78, 5) is 3.40. The highest BCUT2D eigenvalue weighted by Crippen LogP contribution is 2.58. The normalized spacial score (nSPS) is 30.5. The Balaban J connectivity index is 1.22. The van der Waals surface area contributed by atoms with Crippen molar-refractivity contribution in [2.45, 2.75) is 70.4 Å². The van der Waals surface area contributed by atoms with Gasteiger partial charge < -0.3 is 10.3 Å². The van der Waals surface area contributed by atoms with E-state index in [0.29, 0.717) is 5.92 Å². The molecular weight excluding hydrogens is 384 g/mol. The molecular formula is C25H34N6. The van der Waals surface area contributed by atoms with Crippen LogP contribution in [0.4, 0.5) is 0 Å². The lowest BCUT2D eigenvalue weighted by Crippen LogP contribution is -2.53. The van der Waals surface area contributed by atoms with E-state index < -0.39 is 0 Å². The van der Waals surface area contributed by atoms with Crippen molar-refractivity contribution in [2.24, 2.45) is 23.7 Å². The molecule has 1 atom stereocenters. The number of fused-ring (bicyclic) bond motifs is 1. The van der Waals surface area contributed by atoms with Gasteiger partial charge in [0, 0.05) is 17.1 Å². The predicted octanol–water partition coefficient (Wildman–Crippen LogP) is 4.61. The summed E-state index contributed by atoms with van der Waals surface area (Å²) in [5.74, 6) is 4.14. The third-order valence-corrected chi connectivity index (χ3v) is 8.33. The van der Waals surface area contributed by atoms with Gasteiger partial charge in [-0.25, -0.2) is 4.68 Å². The van der Waals surface area contributed by atoms with Gasteiger partial charge in [-0.3, -0.25) is 0 Å². The number of rotatable bonds is 7. The molecule has 6 heteroatoms. The first kappa shape index (κ1) is 19.5. The molecule has 6 nitrogen and oxygen atoms in total. The molecule has 0 radical (unpaired) electrons. The van der Waals surface area contributed by atoms with Crippen LogP contribution in [0, 0.1) is 23.7 Å². The van der Waals surface area contributed by atoms with E-state index in [0.717, 1.165) is 36.5 Å². The summed E-state index contributed by atoms with van der Waals surface area (Å²) in [6.45, 7) is 5.47. The van der Waals surface area contributed by atoms with Crippen LogP contribution in [-0.4, -0.2) is 31.7 Å². The van der Waals surface area contributed by atoms with Crippen molar-refractivity contribution in [3.8, 4) is 0 Å². The molecule has 2 heterocycles. The second-order valence-electron chi connectivity index (χ2n) is 10.9. The van der Waals surface area contributed by atoms with Crippen LogP contribution >= 0.6 is 0 Å². The average molecular weight is 419 g/mol. The van der Waals surface area contributed by atoms with Crippen LogP contribution in [0.5, 0.6) is 0 Å². The molecule has 4 aliphatic rings. The average Bonchev–Trinajstić information content (AvgIpc) is 3.38. The quantitative estimate of drug-likeness (QED) is 0.588. The molecule has 0 amide bonds. The molecule has 31 heavy (non-hydrogen) atoms. The van der Waals surface area contributed by atoms with Gasteiger partial charge in [-0.2, -0.15) is 0 Å². The Bertz CT molecular complexity index is 1030. The minimum atomic E-state index is 0.166. The van der Waals surface area contributed by atoms with E-state index in [1.54, 1.807) is 0 Å². The van der Waals surface area contributed by atoms with Crippen molar-refractivity contribution in [1.29, 1.82) is 0 Å². The summed E-state index contributed by atoms with van der Waals surface area (Å²) in [6.07, 6.45) is 11.3. The molecule has 0 saturated heterocycles. The van der Waals surface area contributed by atoms with Crippen molar-refractivity contribution in [3.05, 3.63) is 41.9 Å². The summed E-state index contributed by atoms with van der Waals surface area (Å²) >= 11 is 0. The van der Waals surface area contributed by atoms with Gasteiger partial charge in [-0.15, -0.1) is 5.10 Å². The molecule has 0 aliphatic heterocycles. The largest absolute Gasteiger partial charge is 0.361 e. The summed E-state index contributed by atoms with van der Waals surface area (Å²) in [5.41, 5.74) is 2.74. The molecule has 0 spiro atoms. The number of hydrogen-bond donors (Lipinski definition) is 2. The van der Waals surface area contributed by atoms with Gasteiger partial charge >= 0.3 is 0 Å². The van der Waals surface area contributed by atoms with Crippen molar-refractivity contribution in [3.63, 3.8) is 0 Å². The lowest BCUT2D eigenvalue weighted by molar-refractivity contribution is -0.0527. The van der Waals surface area contributed by atoms with Gasteiger partial charge in [0.2, 0.25) is 0 Å². The standard InChI is InChI=1S/C25H34N6/c1-16(2)23(26-8-7-20-15-27-22-6-4-3-5-21(20)22)24-28-29-30-31(24)25-12-17-9-18(13-25)11-19(10-17)14-25/h3-6,15-19,23,26-27H,7-14H2,1-2H3. The van der Waals surface area contributed by atoms with Crippen LogP contribution in [0.15, 0.2) is 30.5 Å². The summed E-state index contributed by atoms with van der Waals surface area (Å²) < 4.78 is 2.28. The highest BCUT2D eigenvalue weighted by molar-refractivity contribution is 5.83. The highest BCUT2D eigenvalue weighted by Gasteiger charge is 2.53. The molecule has 1 unspecified atom stereocenters. The maximum Gasteiger partial charge on any atom is 0.169 e. The summed E-state index contributed by atoms with van der Waals surface area (Å²) in [5, 5.41) is 18.6. The highest BCUT2D eigenvalue weighted by atomic mass is 15.6. The molecule has 164 valence electrons. The molecule has 4 bridgehead atoms. The van der Waals surface area contributed by atoms with Crippen molar-refractivity contribution < 1.29 is 0 Å². The number of aromatic nitrogens is 5. The van der Waals surface area contributed by atoms with Gasteiger partial charge in [0.25, 0.3) is 0 Å². The van der Waals surface area contributed by atoms with Crippen molar-refractivity contribution in [2.75, 3.05) is 6.54 Å². The van der Waals surface area contributed by atoms with Crippen LogP contribution < -0.4 is 5.32 Å². The molecule has 4 saturated carbocycles. The molecule has 3 aromatic rings. The van der Waals surface area contributed by atoms with Gasteiger partial charge in [0.1, 0.15) is 0 Å². The van der Waals surface area contributed by atoms with Crippen LogP contribution in [0.25, 0.3) is 10.9 Å². The Kier molecular flexibility index (Phi) is 4.67. The Hall–Kier alpha value is -2.21. The number of para-hydroxylation sites is 1. The molecule has 2 aromatic heterocycles. The number of H-pyrrole nitrogens is 1. The maximum atomic E-state index is 4.62. The van der Waals surface area contributed by atoms with Crippen LogP contribution in [0.3, 0.4) is 0 Å². The predicted molar refractivity (Wildman–Crippen MR) is 122 cm³/mol. The lowest BCUT2D eigenvalue weighted by atomic mass is 9.53. The van der Waals surface area contributed by atoms with E-state index in [1.165, 1.54) is 55.0 Å². The fourth-order valence-electron chi connectivity index (χ4n) is 7.38. The van der Waals surface area contributed by atoms with Gasteiger partial charge in [-0.05, 0) is 97.2 Å². The van der Waals surface area contributed by atoms with Crippen molar-refractivity contribution in [1.82, 2.24) is 30.5 Å². The summed E-state index contributed by atoms with van der Waals surface area (Å²) in [7, 11) is 0. The van der Waals surface area contributed by atoms with E-state index >= 15 is 0 Å². The zero-order chi connectivity index (χ0) is 21.0. The SMILES string of the molecule is CC(C)C(NCCc1c[nH]c2ccccc12)c1nnnn1C12CC3CC(CC(C3)C1)C2. The Morgan fingerprint density at radius 2 is 1.81 bits per heavy atom. The lowest BCUT2D eigenvalue weighted by Gasteiger charge is -2.56. The Labute approximate surface area is 184 Å². The third-order valence-electron chi connectivity index (χ3n) is 8.33. The third kappa shape index (κ3) is 3.30. The van der Waals surface area contributed by atoms with E-state index in [4.69, 9.17) is 0 Å². The molecule has 7 rings (SSSR count). The Morgan fingerprint density at radius 3 is 2.52 bits per heavy atom. The zero-order valence-corrected chi connectivity index (χ0v) is 18.7. The minimum absolute atomic E-state index is 0.166. The number of nitrogens with one attached hydrogen (secondary N) is 2. The van der Waals surface area contributed by atoms with E-state index in [-0.39, 0.29) is 11.6 Å². The monoisotopic (exact) mass is 418 g/mol. The first-order valence-corrected chi connectivity index (χ1v) is 12.2. The number of nitrogens with zero attached hydrogens (tertiary/aromatic N) is 4. The van der Waals surface area contributed by atoms with Gasteiger partial charge in [0.15, 0.2) is 5.82 Å². The van der Waals surface area contributed by atoms with E-state index in [9.17, 15) is 0 Å². The number of tetrazole rings is 1. The number of aromatic amines is 1. The second kappa shape index (κ2) is 7.44. The zero-order valence-electron chi connectivity index (χ0n) is 18.7. The first-order chi connectivity index (χ1) is 15.1. The molecule has 4 aliphatic carbocycles. The smallest absolute Gasteiger partial charge is 0.169 e. The van der Waals surface area contributed by atoms with Crippen LogP contribution in [0.2, 0.25) is 0 Å². The van der Waals surface area contributed by atoms with Crippen LogP contribution in [0.1, 0.15) is 69.8 Å². The van der Waals surface area contributed by atoms with E-state index in [2.05, 4.69) is 74.8 Å². The van der Waals surface area contributed by atoms with Crippen LogP contribution in [-0.2, 0) is 12.0 Å². The topological polar surface area (TPSA) is 71.4 Å². The van der Waals surface area contributed by atoms with E-state index in [1.807, 2.05) is 0 Å². The second-order valence-corrected chi connectivity index (χ2v) is 10.9. The molecule has 1 aromatic carbocycles. The maximum absolute atomic E-state index is 4.62. The Morgan fingerprint density at radius 1 is 1.10 bits per heavy atom.